The first-order valence-electron chi connectivity index (χ1n) is 5.75. The summed E-state index contributed by atoms with van der Waals surface area (Å²) in [5.41, 5.74) is 4.19. The van der Waals surface area contributed by atoms with E-state index in [0.29, 0.717) is 17.4 Å². The molecule has 2 unspecified atom stereocenters. The number of carbonyl (C=O) groups is 1. The van der Waals surface area contributed by atoms with Crippen molar-refractivity contribution in [2.24, 2.45) is 5.92 Å². The van der Waals surface area contributed by atoms with Gasteiger partial charge in [-0.1, -0.05) is 19.1 Å². The second kappa shape index (κ2) is 3.21. The number of benzene rings is 1. The Balaban J connectivity index is 2.21. The van der Waals surface area contributed by atoms with Crippen LogP contribution in [0.1, 0.15) is 46.3 Å². The third-order valence-electron chi connectivity index (χ3n) is 3.85. The van der Waals surface area contributed by atoms with Crippen LogP contribution in [0.4, 0.5) is 0 Å². The van der Waals surface area contributed by atoms with E-state index in [9.17, 15) is 4.79 Å². The highest BCUT2D eigenvalue weighted by atomic mass is 16.4. The van der Waals surface area contributed by atoms with Gasteiger partial charge in [-0.05, 0) is 53.5 Å². The van der Waals surface area contributed by atoms with E-state index in [1.165, 1.54) is 11.1 Å². The number of hydrogen-bond acceptors (Lipinski definition) is 1. The van der Waals surface area contributed by atoms with Crippen molar-refractivity contribution in [2.75, 3.05) is 0 Å². The van der Waals surface area contributed by atoms with Crippen LogP contribution in [0.3, 0.4) is 0 Å². The van der Waals surface area contributed by atoms with E-state index < -0.39 is 5.97 Å². The SMILES string of the molecule is CC1C=Cc2cc(C(=O)O)cc3c2C1CC3. The number of aromatic carboxylic acids is 1. The molecule has 2 aliphatic rings. The van der Waals surface area contributed by atoms with Crippen LogP contribution in [0, 0.1) is 5.92 Å². The molecule has 3 rings (SSSR count). The highest BCUT2D eigenvalue weighted by Crippen LogP contribution is 2.44. The molecule has 0 saturated heterocycles. The van der Waals surface area contributed by atoms with Crippen molar-refractivity contribution in [3.63, 3.8) is 0 Å². The van der Waals surface area contributed by atoms with E-state index in [1.54, 1.807) is 0 Å². The molecule has 1 aromatic rings. The summed E-state index contributed by atoms with van der Waals surface area (Å²) in [4.78, 5) is 11.0. The molecule has 1 N–H and O–H groups in total. The fourth-order valence-electron chi connectivity index (χ4n) is 3.03. The molecule has 0 fully saturated rings. The third kappa shape index (κ3) is 1.22. The van der Waals surface area contributed by atoms with Gasteiger partial charge in [0.1, 0.15) is 0 Å². The van der Waals surface area contributed by atoms with Gasteiger partial charge < -0.3 is 5.11 Å². The van der Waals surface area contributed by atoms with E-state index in [-0.39, 0.29) is 0 Å². The second-order valence-corrected chi connectivity index (χ2v) is 4.81. The minimum absolute atomic E-state index is 0.425. The molecule has 2 aliphatic carbocycles. The first-order valence-corrected chi connectivity index (χ1v) is 5.75. The molecule has 0 amide bonds. The average Bonchev–Trinajstić information content (AvgIpc) is 2.68. The Labute approximate surface area is 94.6 Å². The molecule has 2 atom stereocenters. The summed E-state index contributed by atoms with van der Waals surface area (Å²) in [6.07, 6.45) is 6.47. The summed E-state index contributed by atoms with van der Waals surface area (Å²) < 4.78 is 0. The highest BCUT2D eigenvalue weighted by Gasteiger charge is 2.31. The minimum Gasteiger partial charge on any atom is -0.478 e. The maximum absolute atomic E-state index is 11.0. The molecule has 2 heteroatoms. The Kier molecular flexibility index (Phi) is 1.93. The topological polar surface area (TPSA) is 37.3 Å². The summed E-state index contributed by atoms with van der Waals surface area (Å²) in [6.45, 7) is 2.24. The van der Waals surface area contributed by atoms with Gasteiger partial charge in [0.15, 0.2) is 0 Å². The van der Waals surface area contributed by atoms with Gasteiger partial charge in [-0.3, -0.25) is 0 Å². The van der Waals surface area contributed by atoms with Gasteiger partial charge in [0, 0.05) is 0 Å². The maximum Gasteiger partial charge on any atom is 0.335 e. The fourth-order valence-corrected chi connectivity index (χ4v) is 3.03. The number of hydrogen-bond donors (Lipinski definition) is 1. The lowest BCUT2D eigenvalue weighted by Gasteiger charge is -2.23. The molecule has 0 radical (unpaired) electrons. The molecule has 16 heavy (non-hydrogen) atoms. The zero-order valence-electron chi connectivity index (χ0n) is 9.23. The third-order valence-corrected chi connectivity index (χ3v) is 3.85. The normalized spacial score (nSPS) is 25.6. The molecule has 0 heterocycles. The molecule has 0 bridgehead atoms. The van der Waals surface area contributed by atoms with Gasteiger partial charge in [0.25, 0.3) is 0 Å². The molecular weight excluding hydrogens is 200 g/mol. The monoisotopic (exact) mass is 214 g/mol. The Bertz CT molecular complexity index is 500. The molecule has 0 aliphatic heterocycles. The van der Waals surface area contributed by atoms with Crippen LogP contribution in [-0.2, 0) is 6.42 Å². The first kappa shape index (κ1) is 9.64. The number of aryl methyl sites for hydroxylation is 1. The molecule has 0 saturated carbocycles. The number of carboxylic acid groups (broad SMARTS) is 1. The van der Waals surface area contributed by atoms with E-state index in [0.717, 1.165) is 18.4 Å². The zero-order chi connectivity index (χ0) is 11.3. The van der Waals surface area contributed by atoms with Crippen molar-refractivity contribution in [1.29, 1.82) is 0 Å². The Hall–Kier alpha value is -1.57. The average molecular weight is 214 g/mol. The first-order chi connectivity index (χ1) is 7.66. The van der Waals surface area contributed by atoms with Crippen LogP contribution in [0.5, 0.6) is 0 Å². The smallest absolute Gasteiger partial charge is 0.335 e. The second-order valence-electron chi connectivity index (χ2n) is 4.81. The number of allylic oxidation sites excluding steroid dienone is 1. The maximum atomic E-state index is 11.0. The lowest BCUT2D eigenvalue weighted by Crippen LogP contribution is -2.10. The van der Waals surface area contributed by atoms with Crippen molar-refractivity contribution in [1.82, 2.24) is 0 Å². The molecule has 1 aromatic carbocycles. The van der Waals surface area contributed by atoms with Gasteiger partial charge >= 0.3 is 5.97 Å². The Morgan fingerprint density at radius 1 is 1.44 bits per heavy atom. The van der Waals surface area contributed by atoms with Crippen molar-refractivity contribution >= 4 is 12.0 Å². The number of rotatable bonds is 1. The van der Waals surface area contributed by atoms with Crippen LogP contribution in [0.25, 0.3) is 6.08 Å². The summed E-state index contributed by atoms with van der Waals surface area (Å²) in [7, 11) is 0. The van der Waals surface area contributed by atoms with Gasteiger partial charge in [-0.15, -0.1) is 0 Å². The van der Waals surface area contributed by atoms with E-state index in [4.69, 9.17) is 5.11 Å². The van der Waals surface area contributed by atoms with Crippen molar-refractivity contribution in [3.05, 3.63) is 40.5 Å². The summed E-state index contributed by atoms with van der Waals surface area (Å²) in [6, 6.07) is 3.66. The van der Waals surface area contributed by atoms with E-state index >= 15 is 0 Å². The van der Waals surface area contributed by atoms with Gasteiger partial charge in [-0.25, -0.2) is 4.79 Å². The van der Waals surface area contributed by atoms with Gasteiger partial charge in [-0.2, -0.15) is 0 Å². The van der Waals surface area contributed by atoms with E-state index in [2.05, 4.69) is 19.1 Å². The van der Waals surface area contributed by atoms with Gasteiger partial charge in [0.05, 0.1) is 5.56 Å². The van der Waals surface area contributed by atoms with E-state index in [1.807, 2.05) is 12.1 Å². The Morgan fingerprint density at radius 3 is 3.00 bits per heavy atom. The van der Waals surface area contributed by atoms with Crippen molar-refractivity contribution < 1.29 is 9.90 Å². The van der Waals surface area contributed by atoms with Gasteiger partial charge in [0.2, 0.25) is 0 Å². The fraction of sp³-hybridized carbons (Fsp3) is 0.357. The van der Waals surface area contributed by atoms with Crippen molar-refractivity contribution in [3.8, 4) is 0 Å². The Morgan fingerprint density at radius 2 is 2.25 bits per heavy atom. The predicted octanol–water partition coefficient (Wildman–Crippen LogP) is 3.08. The summed E-state index contributed by atoms with van der Waals surface area (Å²) in [5, 5.41) is 9.05. The lowest BCUT2D eigenvalue weighted by atomic mass is 9.81. The van der Waals surface area contributed by atoms with Crippen LogP contribution in [0.15, 0.2) is 18.2 Å². The number of carboxylic acids is 1. The van der Waals surface area contributed by atoms with Crippen LogP contribution in [-0.4, -0.2) is 11.1 Å². The standard InChI is InChI=1S/C14H14O2/c1-8-2-3-9-6-11(14(15)16)7-10-4-5-12(8)13(9)10/h2-3,6-8,12H,4-5H2,1H3,(H,15,16). The molecule has 0 spiro atoms. The minimum atomic E-state index is -0.825. The van der Waals surface area contributed by atoms with Crippen LogP contribution in [0.2, 0.25) is 0 Å². The quantitative estimate of drug-likeness (QED) is 0.780. The highest BCUT2D eigenvalue weighted by molar-refractivity contribution is 5.89. The predicted molar refractivity (Wildman–Crippen MR) is 62.7 cm³/mol. The molecule has 82 valence electrons. The molecule has 2 nitrogen and oxygen atoms in total. The van der Waals surface area contributed by atoms with Crippen LogP contribution >= 0.6 is 0 Å². The summed E-state index contributed by atoms with van der Waals surface area (Å²) >= 11 is 0. The lowest BCUT2D eigenvalue weighted by molar-refractivity contribution is 0.0696. The molecular formula is C14H14O2. The zero-order valence-corrected chi connectivity index (χ0v) is 9.23. The summed E-state index contributed by atoms with van der Waals surface area (Å²) in [5.74, 6) is 0.372. The molecule has 0 aromatic heterocycles. The largest absolute Gasteiger partial charge is 0.478 e. The van der Waals surface area contributed by atoms with Crippen LogP contribution < -0.4 is 0 Å². The van der Waals surface area contributed by atoms with Crippen molar-refractivity contribution in [2.45, 2.75) is 25.7 Å².